The number of benzene rings is 2. The van der Waals surface area contributed by atoms with Crippen molar-refractivity contribution >= 4 is 16.3 Å². The summed E-state index contributed by atoms with van der Waals surface area (Å²) >= 11 is 0. The van der Waals surface area contributed by atoms with Crippen LogP contribution in [0.15, 0.2) is 91.2 Å². The molecule has 0 spiro atoms. The van der Waals surface area contributed by atoms with Gasteiger partial charge in [0.2, 0.25) is 0 Å². The molecule has 0 unspecified atom stereocenters. The number of hydrogen-bond donors (Lipinski definition) is 0. The number of hydrogen-bond acceptors (Lipinski definition) is 2. The van der Waals surface area contributed by atoms with Crippen molar-refractivity contribution in [2.45, 2.75) is 6.92 Å². The van der Waals surface area contributed by atoms with E-state index in [4.69, 9.17) is 0 Å². The second kappa shape index (κ2) is 7.42. The smallest absolute Gasteiger partial charge is 0.0998 e. The van der Waals surface area contributed by atoms with Crippen molar-refractivity contribution < 1.29 is 0 Å². The Labute approximate surface area is 148 Å². The standard InChI is InChI=1S/C23H18N2/c1-3-8-20(15-24)22(4-2)18-11-7-12-19(13-18)23-14-17-9-5-6-10-21(17)16-25-23/h3-14,16H,1H2,2H3/b20-8-,22-4-. The second-order valence-electron chi connectivity index (χ2n) is 5.63. The molecule has 2 nitrogen and oxygen atoms in total. The molecule has 0 N–H and O–H groups in total. The molecule has 0 saturated carbocycles. The zero-order valence-corrected chi connectivity index (χ0v) is 14.1. The molecule has 2 aromatic carbocycles. The molecule has 25 heavy (non-hydrogen) atoms. The molecule has 2 heteroatoms. The lowest BCUT2D eigenvalue weighted by atomic mass is 9.95. The first kappa shape index (κ1) is 16.4. The van der Waals surface area contributed by atoms with Gasteiger partial charge in [0, 0.05) is 17.1 Å². The number of rotatable bonds is 4. The maximum Gasteiger partial charge on any atom is 0.0998 e. The number of nitrogens with zero attached hydrogens (tertiary/aromatic N) is 2. The fraction of sp³-hybridized carbons (Fsp3) is 0.0435. The summed E-state index contributed by atoms with van der Waals surface area (Å²) in [4.78, 5) is 4.59. The van der Waals surface area contributed by atoms with Crippen molar-refractivity contribution in [1.82, 2.24) is 4.98 Å². The molecule has 3 aromatic rings. The van der Waals surface area contributed by atoms with Gasteiger partial charge in [-0.2, -0.15) is 5.26 Å². The topological polar surface area (TPSA) is 36.7 Å². The maximum absolute atomic E-state index is 9.41. The summed E-state index contributed by atoms with van der Waals surface area (Å²) in [5.74, 6) is 0. The highest BCUT2D eigenvalue weighted by atomic mass is 14.7. The van der Waals surface area contributed by atoms with Crippen molar-refractivity contribution in [2.24, 2.45) is 0 Å². The number of aromatic nitrogens is 1. The van der Waals surface area contributed by atoms with Gasteiger partial charge in [-0.15, -0.1) is 0 Å². The van der Waals surface area contributed by atoms with Crippen LogP contribution < -0.4 is 0 Å². The first-order chi connectivity index (χ1) is 12.3. The Balaban J connectivity index is 2.07. The van der Waals surface area contributed by atoms with Crippen LogP contribution in [0.3, 0.4) is 0 Å². The Morgan fingerprint density at radius 3 is 2.60 bits per heavy atom. The molecule has 0 aliphatic heterocycles. The van der Waals surface area contributed by atoms with E-state index in [0.717, 1.165) is 33.2 Å². The van der Waals surface area contributed by atoms with E-state index in [9.17, 15) is 5.26 Å². The average Bonchev–Trinajstić information content (AvgIpc) is 2.67. The van der Waals surface area contributed by atoms with Crippen LogP contribution in [0.5, 0.6) is 0 Å². The Morgan fingerprint density at radius 2 is 1.88 bits per heavy atom. The number of allylic oxidation sites excluding steroid dienone is 5. The van der Waals surface area contributed by atoms with Crippen molar-refractivity contribution in [3.8, 4) is 17.3 Å². The van der Waals surface area contributed by atoms with Crippen LogP contribution in [-0.2, 0) is 0 Å². The van der Waals surface area contributed by atoms with Crippen LogP contribution in [0, 0.1) is 11.3 Å². The lowest BCUT2D eigenvalue weighted by Crippen LogP contribution is -1.90. The molecule has 0 radical (unpaired) electrons. The number of nitriles is 1. The molecular formula is C23H18N2. The lowest BCUT2D eigenvalue weighted by molar-refractivity contribution is 1.35. The van der Waals surface area contributed by atoms with E-state index in [1.54, 1.807) is 12.2 Å². The fourth-order valence-electron chi connectivity index (χ4n) is 2.87. The van der Waals surface area contributed by atoms with Gasteiger partial charge < -0.3 is 0 Å². The largest absolute Gasteiger partial charge is 0.256 e. The van der Waals surface area contributed by atoms with Gasteiger partial charge in [0.05, 0.1) is 17.3 Å². The first-order valence-corrected chi connectivity index (χ1v) is 8.12. The Bertz CT molecular complexity index is 1030. The molecule has 0 saturated heterocycles. The highest BCUT2D eigenvalue weighted by Gasteiger charge is 2.08. The van der Waals surface area contributed by atoms with Gasteiger partial charge in [0.15, 0.2) is 0 Å². The number of pyridine rings is 1. The fourth-order valence-corrected chi connectivity index (χ4v) is 2.87. The average molecular weight is 322 g/mol. The van der Waals surface area contributed by atoms with Crippen LogP contribution in [0.25, 0.3) is 27.6 Å². The van der Waals surface area contributed by atoms with Crippen LogP contribution in [0.2, 0.25) is 0 Å². The van der Waals surface area contributed by atoms with Crippen molar-refractivity contribution in [2.75, 3.05) is 0 Å². The van der Waals surface area contributed by atoms with Gasteiger partial charge in [-0.05, 0) is 41.7 Å². The van der Waals surface area contributed by atoms with E-state index in [2.05, 4.69) is 41.9 Å². The second-order valence-corrected chi connectivity index (χ2v) is 5.63. The number of fused-ring (bicyclic) bond motifs is 1. The molecule has 3 rings (SSSR count). The zero-order chi connectivity index (χ0) is 17.6. The predicted molar refractivity (Wildman–Crippen MR) is 105 cm³/mol. The summed E-state index contributed by atoms with van der Waals surface area (Å²) in [5.41, 5.74) is 4.43. The summed E-state index contributed by atoms with van der Waals surface area (Å²) in [6.45, 7) is 5.62. The molecule has 1 aromatic heterocycles. The van der Waals surface area contributed by atoms with E-state index in [0.29, 0.717) is 5.57 Å². The molecule has 0 aliphatic rings. The van der Waals surface area contributed by atoms with Crippen LogP contribution in [0.1, 0.15) is 12.5 Å². The summed E-state index contributed by atoms with van der Waals surface area (Å²) in [6, 6.07) is 20.6. The minimum Gasteiger partial charge on any atom is -0.256 e. The quantitative estimate of drug-likeness (QED) is 0.440. The molecular weight excluding hydrogens is 304 g/mol. The zero-order valence-electron chi connectivity index (χ0n) is 14.1. The van der Waals surface area contributed by atoms with Crippen LogP contribution in [-0.4, -0.2) is 4.98 Å². The molecule has 0 bridgehead atoms. The summed E-state index contributed by atoms with van der Waals surface area (Å²) in [5, 5.41) is 11.7. The van der Waals surface area contributed by atoms with Crippen molar-refractivity contribution in [3.05, 3.63) is 96.7 Å². The van der Waals surface area contributed by atoms with Crippen molar-refractivity contribution in [3.63, 3.8) is 0 Å². The molecule has 120 valence electrons. The van der Waals surface area contributed by atoms with E-state index >= 15 is 0 Å². The van der Waals surface area contributed by atoms with Crippen LogP contribution >= 0.6 is 0 Å². The summed E-state index contributed by atoms with van der Waals surface area (Å²) in [6.07, 6.45) is 7.21. The SMILES string of the molecule is C=C/C=C(C#N)\C(=C/C)c1cccc(-c2cc3ccccc3cn2)c1. The first-order valence-electron chi connectivity index (χ1n) is 8.12. The molecule has 0 fully saturated rings. The maximum atomic E-state index is 9.41. The lowest BCUT2D eigenvalue weighted by Gasteiger charge is -2.09. The minimum absolute atomic E-state index is 0.598. The van der Waals surface area contributed by atoms with E-state index in [1.807, 2.05) is 49.5 Å². The van der Waals surface area contributed by atoms with Gasteiger partial charge in [0.25, 0.3) is 0 Å². The van der Waals surface area contributed by atoms with Gasteiger partial charge >= 0.3 is 0 Å². The Morgan fingerprint density at radius 1 is 1.08 bits per heavy atom. The Hall–Kier alpha value is -3.44. The van der Waals surface area contributed by atoms with Gasteiger partial charge in [-0.25, -0.2) is 0 Å². The predicted octanol–water partition coefficient (Wildman–Crippen LogP) is 5.94. The molecule has 0 amide bonds. The Kier molecular flexibility index (Phi) is 4.87. The van der Waals surface area contributed by atoms with Crippen molar-refractivity contribution in [1.29, 1.82) is 5.26 Å². The van der Waals surface area contributed by atoms with Gasteiger partial charge in [-0.3, -0.25) is 4.98 Å². The molecule has 1 heterocycles. The third-order valence-electron chi connectivity index (χ3n) is 4.08. The molecule has 0 atom stereocenters. The third-order valence-corrected chi connectivity index (χ3v) is 4.08. The highest BCUT2D eigenvalue weighted by Crippen LogP contribution is 2.28. The van der Waals surface area contributed by atoms with E-state index < -0.39 is 0 Å². The molecule has 0 aliphatic carbocycles. The van der Waals surface area contributed by atoms with Gasteiger partial charge in [-0.1, -0.05) is 61.2 Å². The normalized spacial score (nSPS) is 12.0. The van der Waals surface area contributed by atoms with Gasteiger partial charge in [0.1, 0.15) is 0 Å². The summed E-state index contributed by atoms with van der Waals surface area (Å²) < 4.78 is 0. The van der Waals surface area contributed by atoms with E-state index in [1.165, 1.54) is 0 Å². The minimum atomic E-state index is 0.598. The monoisotopic (exact) mass is 322 g/mol. The highest BCUT2D eigenvalue weighted by molar-refractivity contribution is 5.87. The van der Waals surface area contributed by atoms with E-state index in [-0.39, 0.29) is 0 Å². The van der Waals surface area contributed by atoms with Crippen LogP contribution in [0.4, 0.5) is 0 Å². The third kappa shape index (κ3) is 3.41. The summed E-state index contributed by atoms with van der Waals surface area (Å²) in [7, 11) is 0.